The van der Waals surface area contributed by atoms with Gasteiger partial charge in [-0.2, -0.15) is 0 Å². The van der Waals surface area contributed by atoms with E-state index in [1.165, 1.54) is 21.0 Å². The average molecular weight is 298 g/mol. The summed E-state index contributed by atoms with van der Waals surface area (Å²) in [6.45, 7) is 2.74. The number of halogens is 2. The molecule has 1 saturated heterocycles. The Hall–Kier alpha value is -2.44. The first-order valence-electron chi connectivity index (χ1n) is 5.95. The maximum Gasteiger partial charge on any atom is 0.348 e. The lowest BCUT2D eigenvalue weighted by atomic mass is 10.1. The van der Waals surface area contributed by atoms with Crippen molar-refractivity contribution in [2.45, 2.75) is 19.6 Å². The molecule has 1 fully saturated rings. The van der Waals surface area contributed by atoms with Gasteiger partial charge in [0.1, 0.15) is 23.0 Å². The molecule has 0 aromatic heterocycles. The number of ether oxygens (including phenoxy) is 3. The van der Waals surface area contributed by atoms with Gasteiger partial charge in [0, 0.05) is 31.5 Å². The van der Waals surface area contributed by atoms with Crippen LogP contribution in [-0.4, -0.2) is 24.8 Å². The van der Waals surface area contributed by atoms with Crippen LogP contribution in [0.4, 0.5) is 8.78 Å². The zero-order valence-electron chi connectivity index (χ0n) is 11.5. The van der Waals surface area contributed by atoms with E-state index >= 15 is 0 Å². The fourth-order valence-corrected chi connectivity index (χ4v) is 1.74. The van der Waals surface area contributed by atoms with Crippen LogP contribution in [0.2, 0.25) is 0 Å². The number of methoxy groups -OCH3 is 1. The second-order valence-corrected chi connectivity index (χ2v) is 4.74. The molecule has 0 N–H and O–H groups in total. The van der Waals surface area contributed by atoms with E-state index < -0.39 is 40.5 Å². The van der Waals surface area contributed by atoms with Crippen LogP contribution in [0.15, 0.2) is 17.7 Å². The lowest BCUT2D eigenvalue weighted by Crippen LogP contribution is -2.41. The second kappa shape index (κ2) is 5.16. The Kier molecular flexibility index (Phi) is 3.67. The third kappa shape index (κ3) is 3.01. The van der Waals surface area contributed by atoms with Crippen molar-refractivity contribution in [3.05, 3.63) is 34.9 Å². The van der Waals surface area contributed by atoms with Crippen LogP contribution >= 0.6 is 0 Å². The molecule has 0 radical (unpaired) electrons. The van der Waals surface area contributed by atoms with E-state index in [2.05, 4.69) is 0 Å². The van der Waals surface area contributed by atoms with Crippen molar-refractivity contribution in [2.24, 2.45) is 0 Å². The molecule has 0 amide bonds. The number of rotatable bonds is 2. The smallest absolute Gasteiger partial charge is 0.348 e. The first-order chi connectivity index (χ1) is 9.73. The number of esters is 2. The fourth-order valence-electron chi connectivity index (χ4n) is 1.74. The number of hydrogen-bond donors (Lipinski definition) is 0. The molecular formula is C14H12F2O5. The highest BCUT2D eigenvalue weighted by molar-refractivity contribution is 6.18. The molecule has 7 heteroatoms. The zero-order chi connectivity index (χ0) is 15.8. The van der Waals surface area contributed by atoms with Crippen molar-refractivity contribution in [2.75, 3.05) is 7.11 Å². The molecule has 21 heavy (non-hydrogen) atoms. The minimum atomic E-state index is -1.41. The number of carbonyl (C=O) groups excluding carboxylic acids is 2. The molecule has 2 rings (SSSR count). The van der Waals surface area contributed by atoms with E-state index in [9.17, 15) is 18.4 Å². The third-order valence-corrected chi connectivity index (χ3v) is 2.69. The van der Waals surface area contributed by atoms with E-state index in [4.69, 9.17) is 14.2 Å². The van der Waals surface area contributed by atoms with Gasteiger partial charge in [0.25, 0.3) is 5.79 Å². The highest BCUT2D eigenvalue weighted by Gasteiger charge is 2.39. The minimum absolute atomic E-state index is 0.0259. The third-order valence-electron chi connectivity index (χ3n) is 2.69. The Morgan fingerprint density at radius 2 is 1.57 bits per heavy atom. The van der Waals surface area contributed by atoms with Crippen LogP contribution < -0.4 is 4.74 Å². The molecule has 1 heterocycles. The lowest BCUT2D eigenvalue weighted by Gasteiger charge is -2.29. The molecule has 0 unspecified atom stereocenters. The van der Waals surface area contributed by atoms with Crippen molar-refractivity contribution in [1.82, 2.24) is 0 Å². The Morgan fingerprint density at radius 3 is 2.00 bits per heavy atom. The van der Waals surface area contributed by atoms with Crippen LogP contribution in [0.1, 0.15) is 19.4 Å². The monoisotopic (exact) mass is 298 g/mol. The summed E-state index contributed by atoms with van der Waals surface area (Å²) in [5.74, 6) is -5.42. The van der Waals surface area contributed by atoms with Gasteiger partial charge in [-0.3, -0.25) is 0 Å². The maximum absolute atomic E-state index is 13.8. The molecule has 1 aromatic carbocycles. The molecule has 1 aliphatic rings. The van der Waals surface area contributed by atoms with Crippen molar-refractivity contribution < 1.29 is 32.6 Å². The van der Waals surface area contributed by atoms with E-state index in [1.54, 1.807) is 0 Å². The van der Waals surface area contributed by atoms with Crippen LogP contribution in [0.5, 0.6) is 5.75 Å². The van der Waals surface area contributed by atoms with Gasteiger partial charge in [-0.25, -0.2) is 18.4 Å². The minimum Gasteiger partial charge on any atom is -0.497 e. The first-order valence-corrected chi connectivity index (χ1v) is 5.95. The molecule has 1 aliphatic heterocycles. The lowest BCUT2D eigenvalue weighted by molar-refractivity contribution is -0.222. The molecular weight excluding hydrogens is 286 g/mol. The summed E-state index contributed by atoms with van der Waals surface area (Å²) in [4.78, 5) is 23.4. The van der Waals surface area contributed by atoms with Gasteiger partial charge in [-0.05, 0) is 6.08 Å². The van der Waals surface area contributed by atoms with Gasteiger partial charge in [0.2, 0.25) is 0 Å². The molecule has 0 bridgehead atoms. The average Bonchev–Trinajstić information content (AvgIpc) is 2.34. The van der Waals surface area contributed by atoms with Crippen LogP contribution in [0.3, 0.4) is 0 Å². The summed E-state index contributed by atoms with van der Waals surface area (Å²) in [5, 5.41) is 0. The Morgan fingerprint density at radius 1 is 1.10 bits per heavy atom. The molecule has 112 valence electrons. The summed E-state index contributed by atoms with van der Waals surface area (Å²) in [6.07, 6.45) is 0.754. The van der Waals surface area contributed by atoms with Crippen molar-refractivity contribution in [3.63, 3.8) is 0 Å². The fraction of sp³-hybridized carbons (Fsp3) is 0.286. The number of hydrogen-bond acceptors (Lipinski definition) is 5. The van der Waals surface area contributed by atoms with Crippen molar-refractivity contribution in [1.29, 1.82) is 0 Å². The molecule has 0 saturated carbocycles. The molecule has 5 nitrogen and oxygen atoms in total. The molecule has 1 aromatic rings. The van der Waals surface area contributed by atoms with E-state index in [1.807, 2.05) is 0 Å². The standard InChI is InChI=1S/C14H12F2O5/c1-14(2)20-12(17)9(13(18)21-14)6-8-10(15)4-7(19-3)5-11(8)16/h4-6H,1-3H3. The zero-order valence-corrected chi connectivity index (χ0v) is 11.5. The second-order valence-electron chi connectivity index (χ2n) is 4.74. The summed E-state index contributed by atoms with van der Waals surface area (Å²) in [6, 6.07) is 1.86. The number of carbonyl (C=O) groups is 2. The molecule has 0 spiro atoms. The predicted octanol–water partition coefficient (Wildman–Crippen LogP) is 2.19. The number of cyclic esters (lactones) is 2. The SMILES string of the molecule is COc1cc(F)c(C=C2C(=O)OC(C)(C)OC2=O)c(F)c1. The Labute approximate surface area is 119 Å². The van der Waals surface area contributed by atoms with Gasteiger partial charge in [0.15, 0.2) is 0 Å². The van der Waals surface area contributed by atoms with Gasteiger partial charge in [0.05, 0.1) is 7.11 Å². The Balaban J connectivity index is 2.45. The number of benzene rings is 1. The molecule has 0 atom stereocenters. The summed E-state index contributed by atoms with van der Waals surface area (Å²) in [7, 11) is 1.25. The van der Waals surface area contributed by atoms with Crippen molar-refractivity contribution >= 4 is 18.0 Å². The van der Waals surface area contributed by atoms with Crippen LogP contribution in [0, 0.1) is 11.6 Å². The summed E-state index contributed by atoms with van der Waals surface area (Å²) >= 11 is 0. The van der Waals surface area contributed by atoms with E-state index in [0.29, 0.717) is 0 Å². The first kappa shape index (κ1) is 15.0. The predicted molar refractivity (Wildman–Crippen MR) is 67.2 cm³/mol. The largest absolute Gasteiger partial charge is 0.497 e. The van der Waals surface area contributed by atoms with Crippen molar-refractivity contribution in [3.8, 4) is 5.75 Å². The van der Waals surface area contributed by atoms with Gasteiger partial charge in [-0.1, -0.05) is 0 Å². The van der Waals surface area contributed by atoms with Crippen LogP contribution in [-0.2, 0) is 19.1 Å². The van der Waals surface area contributed by atoms with E-state index in [-0.39, 0.29) is 5.75 Å². The Bertz CT molecular complexity index is 604. The summed E-state index contributed by atoms with van der Waals surface area (Å²) in [5.41, 5.74) is -1.14. The highest BCUT2D eigenvalue weighted by atomic mass is 19.1. The van der Waals surface area contributed by atoms with Gasteiger partial charge < -0.3 is 14.2 Å². The van der Waals surface area contributed by atoms with Gasteiger partial charge in [-0.15, -0.1) is 0 Å². The topological polar surface area (TPSA) is 61.8 Å². The highest BCUT2D eigenvalue weighted by Crippen LogP contribution is 2.27. The summed E-state index contributed by atoms with van der Waals surface area (Å²) < 4.78 is 42.0. The van der Waals surface area contributed by atoms with E-state index in [0.717, 1.165) is 18.2 Å². The molecule has 0 aliphatic carbocycles. The van der Waals surface area contributed by atoms with Crippen LogP contribution in [0.25, 0.3) is 6.08 Å². The van der Waals surface area contributed by atoms with Gasteiger partial charge >= 0.3 is 11.9 Å². The quantitative estimate of drug-likeness (QED) is 0.476. The normalized spacial score (nSPS) is 17.1. The maximum atomic E-state index is 13.8.